The van der Waals surface area contributed by atoms with E-state index in [2.05, 4.69) is 5.32 Å². The Kier molecular flexibility index (Phi) is 6.59. The highest BCUT2D eigenvalue weighted by Crippen LogP contribution is 2.32. The van der Waals surface area contributed by atoms with Crippen LogP contribution in [0.25, 0.3) is 0 Å². The maximum atomic E-state index is 13.7. The van der Waals surface area contributed by atoms with E-state index < -0.39 is 6.04 Å². The van der Waals surface area contributed by atoms with Gasteiger partial charge in [0.25, 0.3) is 5.91 Å². The Morgan fingerprint density at radius 2 is 1.81 bits per heavy atom. The van der Waals surface area contributed by atoms with Crippen LogP contribution >= 0.6 is 0 Å². The number of hydrogen-bond acceptors (Lipinski definition) is 4. The first-order valence-electron chi connectivity index (χ1n) is 10.9. The molecule has 6 heteroatoms. The number of carbonyl (C=O) groups excluding carboxylic acids is 2. The van der Waals surface area contributed by atoms with E-state index in [0.717, 1.165) is 31.2 Å². The first-order chi connectivity index (χ1) is 15.6. The van der Waals surface area contributed by atoms with E-state index >= 15 is 0 Å². The van der Waals surface area contributed by atoms with Gasteiger partial charge >= 0.3 is 0 Å². The Hall–Kier alpha value is -3.54. The summed E-state index contributed by atoms with van der Waals surface area (Å²) in [5.41, 5.74) is 2.35. The molecule has 1 aliphatic carbocycles. The van der Waals surface area contributed by atoms with Gasteiger partial charge in [-0.3, -0.25) is 14.5 Å². The number of nitrogens with zero attached hydrogens (tertiary/aromatic N) is 1. The van der Waals surface area contributed by atoms with Crippen LogP contribution in [0.15, 0.2) is 71.3 Å². The summed E-state index contributed by atoms with van der Waals surface area (Å²) in [6.45, 7) is 1.98. The molecule has 0 bridgehead atoms. The summed E-state index contributed by atoms with van der Waals surface area (Å²) in [6.07, 6.45) is 5.56. The van der Waals surface area contributed by atoms with Crippen LogP contribution in [0.2, 0.25) is 0 Å². The Labute approximate surface area is 188 Å². The minimum Gasteiger partial charge on any atom is -0.497 e. The number of anilines is 1. The zero-order valence-electron chi connectivity index (χ0n) is 18.4. The molecule has 0 aliphatic heterocycles. The summed E-state index contributed by atoms with van der Waals surface area (Å²) in [6, 6.07) is 17.4. The summed E-state index contributed by atoms with van der Waals surface area (Å²) in [7, 11) is 1.58. The summed E-state index contributed by atoms with van der Waals surface area (Å²) >= 11 is 0. The van der Waals surface area contributed by atoms with Crippen molar-refractivity contribution in [1.82, 2.24) is 5.32 Å². The molecule has 1 aliphatic rings. The summed E-state index contributed by atoms with van der Waals surface area (Å²) in [5, 5.41) is 3.17. The Morgan fingerprint density at radius 1 is 1.06 bits per heavy atom. The highest BCUT2D eigenvalue weighted by molar-refractivity contribution is 6.08. The highest BCUT2D eigenvalue weighted by Gasteiger charge is 2.36. The summed E-state index contributed by atoms with van der Waals surface area (Å²) in [4.78, 5) is 28.8. The van der Waals surface area contributed by atoms with Gasteiger partial charge in [-0.1, -0.05) is 42.7 Å². The predicted octanol–water partition coefficient (Wildman–Crippen LogP) is 5.04. The molecule has 166 valence electrons. The van der Waals surface area contributed by atoms with Gasteiger partial charge in [0, 0.05) is 11.7 Å². The molecule has 6 nitrogen and oxygen atoms in total. The number of hydrogen-bond donors (Lipinski definition) is 1. The molecule has 1 N–H and O–H groups in total. The smallest absolute Gasteiger partial charge is 0.294 e. The molecule has 4 rings (SSSR count). The normalized spacial score (nSPS) is 14.7. The fraction of sp³-hybridized carbons (Fsp3) is 0.308. The van der Waals surface area contributed by atoms with Crippen molar-refractivity contribution in [3.05, 3.63) is 83.8 Å². The zero-order valence-corrected chi connectivity index (χ0v) is 18.4. The number of benzene rings is 2. The van der Waals surface area contributed by atoms with Gasteiger partial charge in [-0.25, -0.2) is 0 Å². The molecule has 0 unspecified atom stereocenters. The fourth-order valence-corrected chi connectivity index (χ4v) is 4.19. The SMILES string of the molecule is COc1cccc([C@H](C(=O)NC2CCCC2)N(C(=O)c2ccco2)c2ccc(C)cc2)c1. The maximum Gasteiger partial charge on any atom is 0.294 e. The van der Waals surface area contributed by atoms with Crippen molar-refractivity contribution in [3.63, 3.8) is 0 Å². The molecule has 2 amide bonds. The molecule has 1 fully saturated rings. The van der Waals surface area contributed by atoms with E-state index in [0.29, 0.717) is 17.0 Å². The van der Waals surface area contributed by atoms with Crippen LogP contribution in [0, 0.1) is 6.92 Å². The Morgan fingerprint density at radius 3 is 2.47 bits per heavy atom. The molecule has 1 atom stereocenters. The van der Waals surface area contributed by atoms with Crippen LogP contribution in [0.4, 0.5) is 5.69 Å². The van der Waals surface area contributed by atoms with E-state index in [1.54, 1.807) is 25.3 Å². The van der Waals surface area contributed by atoms with E-state index in [4.69, 9.17) is 9.15 Å². The minimum absolute atomic E-state index is 0.120. The molecule has 1 heterocycles. The van der Waals surface area contributed by atoms with Crippen molar-refractivity contribution in [2.45, 2.75) is 44.7 Å². The molecular weight excluding hydrogens is 404 g/mol. The minimum atomic E-state index is -0.883. The molecule has 2 aromatic carbocycles. The molecule has 32 heavy (non-hydrogen) atoms. The van der Waals surface area contributed by atoms with Crippen molar-refractivity contribution in [2.75, 3.05) is 12.0 Å². The van der Waals surface area contributed by atoms with Gasteiger partial charge in [-0.2, -0.15) is 0 Å². The van der Waals surface area contributed by atoms with E-state index in [9.17, 15) is 9.59 Å². The summed E-state index contributed by atoms with van der Waals surface area (Å²) in [5.74, 6) is 0.196. The second kappa shape index (κ2) is 9.73. The van der Waals surface area contributed by atoms with Crippen LogP contribution < -0.4 is 15.0 Å². The third kappa shape index (κ3) is 4.69. The van der Waals surface area contributed by atoms with E-state index in [1.165, 1.54) is 11.2 Å². The molecule has 1 aromatic heterocycles. The molecule has 3 aromatic rings. The average molecular weight is 433 g/mol. The molecule has 0 spiro atoms. The second-order valence-electron chi connectivity index (χ2n) is 8.16. The van der Waals surface area contributed by atoms with Crippen LogP contribution in [-0.4, -0.2) is 25.0 Å². The van der Waals surface area contributed by atoms with Gasteiger partial charge in [0.15, 0.2) is 5.76 Å². The van der Waals surface area contributed by atoms with Crippen molar-refractivity contribution in [1.29, 1.82) is 0 Å². The number of rotatable bonds is 7. The average Bonchev–Trinajstić information content (AvgIpc) is 3.52. The lowest BCUT2D eigenvalue weighted by Crippen LogP contribution is -2.46. The van der Waals surface area contributed by atoms with Gasteiger partial charge in [-0.15, -0.1) is 0 Å². The van der Waals surface area contributed by atoms with E-state index in [1.807, 2.05) is 49.4 Å². The lowest BCUT2D eigenvalue weighted by atomic mass is 10.0. The third-order valence-electron chi connectivity index (χ3n) is 5.88. The topological polar surface area (TPSA) is 71.8 Å². The quantitative estimate of drug-likeness (QED) is 0.568. The van der Waals surface area contributed by atoms with Crippen LogP contribution in [0.1, 0.15) is 53.4 Å². The Balaban J connectivity index is 1.81. The van der Waals surface area contributed by atoms with Gasteiger partial charge < -0.3 is 14.5 Å². The van der Waals surface area contributed by atoms with Crippen LogP contribution in [0.3, 0.4) is 0 Å². The monoisotopic (exact) mass is 432 g/mol. The maximum absolute atomic E-state index is 13.7. The number of furan rings is 1. The first kappa shape index (κ1) is 21.7. The molecule has 0 radical (unpaired) electrons. The lowest BCUT2D eigenvalue weighted by Gasteiger charge is -2.32. The number of nitrogens with one attached hydrogen (secondary N) is 1. The van der Waals surface area contributed by atoms with Gasteiger partial charge in [0.2, 0.25) is 5.91 Å². The summed E-state index contributed by atoms with van der Waals surface area (Å²) < 4.78 is 10.8. The Bertz CT molecular complexity index is 1050. The number of carbonyl (C=O) groups is 2. The highest BCUT2D eigenvalue weighted by atomic mass is 16.5. The number of aryl methyl sites for hydroxylation is 1. The number of amides is 2. The van der Waals surface area contributed by atoms with Gasteiger partial charge in [0.05, 0.1) is 13.4 Å². The third-order valence-corrected chi connectivity index (χ3v) is 5.88. The van der Waals surface area contributed by atoms with Crippen molar-refractivity contribution in [2.24, 2.45) is 0 Å². The van der Waals surface area contributed by atoms with Crippen LogP contribution in [0.5, 0.6) is 5.75 Å². The largest absolute Gasteiger partial charge is 0.497 e. The van der Waals surface area contributed by atoms with Gasteiger partial charge in [-0.05, 0) is 61.7 Å². The van der Waals surface area contributed by atoms with Gasteiger partial charge in [0.1, 0.15) is 11.8 Å². The zero-order chi connectivity index (χ0) is 22.5. The van der Waals surface area contributed by atoms with Crippen molar-refractivity contribution >= 4 is 17.5 Å². The fourth-order valence-electron chi connectivity index (χ4n) is 4.19. The standard InChI is InChI=1S/C26H28N2O4/c1-18-12-14-21(15-13-18)28(26(30)23-11-6-16-32-23)24(19-7-5-10-22(17-19)31-2)25(29)27-20-8-3-4-9-20/h5-7,10-17,20,24H,3-4,8-9H2,1-2H3,(H,27,29)/t24-/m1/s1. The number of ether oxygens (including phenoxy) is 1. The molecule has 1 saturated carbocycles. The van der Waals surface area contributed by atoms with Crippen LogP contribution in [-0.2, 0) is 4.79 Å². The molecule has 0 saturated heterocycles. The van der Waals surface area contributed by atoms with Crippen molar-refractivity contribution < 1.29 is 18.7 Å². The van der Waals surface area contributed by atoms with Crippen molar-refractivity contribution in [3.8, 4) is 5.75 Å². The lowest BCUT2D eigenvalue weighted by molar-refractivity contribution is -0.123. The first-order valence-corrected chi connectivity index (χ1v) is 10.9. The number of methoxy groups -OCH3 is 1. The second-order valence-corrected chi connectivity index (χ2v) is 8.16. The molecular formula is C26H28N2O4. The van der Waals surface area contributed by atoms with E-state index in [-0.39, 0.29) is 23.6 Å². The predicted molar refractivity (Wildman–Crippen MR) is 123 cm³/mol.